The second-order valence-electron chi connectivity index (χ2n) is 6.68. The van der Waals surface area contributed by atoms with Crippen molar-refractivity contribution in [3.05, 3.63) is 59.2 Å². The van der Waals surface area contributed by atoms with Gasteiger partial charge in [-0.3, -0.25) is 0 Å². The van der Waals surface area contributed by atoms with Gasteiger partial charge in [0.25, 0.3) is 0 Å². The van der Waals surface area contributed by atoms with Gasteiger partial charge in [0.2, 0.25) is 0 Å². The zero-order valence-electron chi connectivity index (χ0n) is 13.6. The Hall–Kier alpha value is -1.80. The van der Waals surface area contributed by atoms with Crippen molar-refractivity contribution in [2.75, 3.05) is 0 Å². The van der Waals surface area contributed by atoms with Gasteiger partial charge >= 0.3 is 0 Å². The summed E-state index contributed by atoms with van der Waals surface area (Å²) < 4.78 is 6.23. The molecule has 0 heterocycles. The molecular formula is C19H25NO. The average molecular weight is 283 g/mol. The van der Waals surface area contributed by atoms with Crippen molar-refractivity contribution < 1.29 is 4.74 Å². The maximum Gasteiger partial charge on any atom is 0.132 e. The predicted octanol–water partition coefficient (Wildman–Crippen LogP) is 5.10. The summed E-state index contributed by atoms with van der Waals surface area (Å²) in [6, 6.07) is 14.3. The topological polar surface area (TPSA) is 35.2 Å². The van der Waals surface area contributed by atoms with E-state index in [1.54, 1.807) is 0 Å². The first-order valence-corrected chi connectivity index (χ1v) is 7.42. The molecule has 0 aliphatic carbocycles. The summed E-state index contributed by atoms with van der Waals surface area (Å²) in [6.07, 6.45) is 0. The van der Waals surface area contributed by atoms with Crippen molar-refractivity contribution >= 4 is 0 Å². The minimum absolute atomic E-state index is 0.0340. The lowest BCUT2D eigenvalue weighted by Crippen LogP contribution is -2.13. The molecule has 2 nitrogen and oxygen atoms in total. The maximum absolute atomic E-state index is 6.23. The van der Waals surface area contributed by atoms with E-state index in [-0.39, 0.29) is 11.5 Å². The molecule has 2 aromatic carbocycles. The molecule has 0 saturated heterocycles. The molecule has 0 unspecified atom stereocenters. The second kappa shape index (κ2) is 5.90. The van der Waals surface area contributed by atoms with Crippen LogP contribution in [-0.4, -0.2) is 0 Å². The van der Waals surface area contributed by atoms with Crippen LogP contribution < -0.4 is 10.5 Å². The van der Waals surface area contributed by atoms with E-state index in [1.165, 1.54) is 11.1 Å². The fourth-order valence-electron chi connectivity index (χ4n) is 2.40. The zero-order valence-corrected chi connectivity index (χ0v) is 13.6. The molecule has 0 saturated carbocycles. The van der Waals surface area contributed by atoms with Crippen LogP contribution in [0.3, 0.4) is 0 Å². The third-order valence-electron chi connectivity index (χ3n) is 3.57. The Morgan fingerprint density at radius 3 is 2.29 bits per heavy atom. The second-order valence-corrected chi connectivity index (χ2v) is 6.68. The first kappa shape index (κ1) is 15.6. The third kappa shape index (κ3) is 3.64. The molecule has 0 fully saturated rings. The number of nitrogens with two attached hydrogens (primary N) is 1. The number of rotatable bonds is 3. The first-order valence-electron chi connectivity index (χ1n) is 7.42. The molecule has 0 radical (unpaired) electrons. The largest absolute Gasteiger partial charge is 0.457 e. The van der Waals surface area contributed by atoms with Gasteiger partial charge in [-0.05, 0) is 37.0 Å². The normalized spacial score (nSPS) is 13.0. The van der Waals surface area contributed by atoms with Gasteiger partial charge in [0.1, 0.15) is 11.5 Å². The number of ether oxygens (including phenoxy) is 1. The van der Waals surface area contributed by atoms with E-state index in [2.05, 4.69) is 45.9 Å². The van der Waals surface area contributed by atoms with Crippen LogP contribution in [0.25, 0.3) is 0 Å². The fraction of sp³-hybridized carbons (Fsp3) is 0.368. The van der Waals surface area contributed by atoms with Crippen LogP contribution in [0.4, 0.5) is 0 Å². The lowest BCUT2D eigenvalue weighted by molar-refractivity contribution is 0.447. The minimum Gasteiger partial charge on any atom is -0.457 e. The van der Waals surface area contributed by atoms with Crippen LogP contribution in [-0.2, 0) is 5.41 Å². The molecule has 1 atom stereocenters. The molecule has 2 rings (SSSR count). The van der Waals surface area contributed by atoms with Gasteiger partial charge in [0.05, 0.1) is 0 Å². The van der Waals surface area contributed by atoms with Crippen LogP contribution in [0.5, 0.6) is 11.5 Å². The van der Waals surface area contributed by atoms with Crippen molar-refractivity contribution in [1.82, 2.24) is 0 Å². The van der Waals surface area contributed by atoms with Crippen molar-refractivity contribution in [2.45, 2.75) is 46.1 Å². The van der Waals surface area contributed by atoms with Crippen LogP contribution in [0, 0.1) is 6.92 Å². The van der Waals surface area contributed by atoms with Crippen molar-refractivity contribution in [3.63, 3.8) is 0 Å². The lowest BCUT2D eigenvalue weighted by atomic mass is 9.86. The Labute approximate surface area is 127 Å². The SMILES string of the molecule is Cc1ccc(C(C)(C)C)c(Oc2ccccc2[C@@H](C)N)c1. The molecule has 112 valence electrons. The molecule has 0 amide bonds. The van der Waals surface area contributed by atoms with Crippen LogP contribution in [0.1, 0.15) is 50.4 Å². The quantitative estimate of drug-likeness (QED) is 0.850. The molecule has 2 aromatic rings. The Kier molecular flexibility index (Phi) is 4.38. The van der Waals surface area contributed by atoms with Gasteiger partial charge in [-0.25, -0.2) is 0 Å². The average Bonchev–Trinajstić information content (AvgIpc) is 2.37. The Bertz CT molecular complexity index is 624. The molecule has 0 aliphatic heterocycles. The van der Waals surface area contributed by atoms with E-state index in [1.807, 2.05) is 31.2 Å². The third-order valence-corrected chi connectivity index (χ3v) is 3.57. The minimum atomic E-state index is -0.0518. The van der Waals surface area contributed by atoms with Crippen molar-refractivity contribution in [2.24, 2.45) is 5.73 Å². The van der Waals surface area contributed by atoms with Crippen LogP contribution in [0.2, 0.25) is 0 Å². The molecule has 0 spiro atoms. The summed E-state index contributed by atoms with van der Waals surface area (Å²) in [5.41, 5.74) is 9.50. The van der Waals surface area contributed by atoms with E-state index in [0.29, 0.717) is 0 Å². The fourth-order valence-corrected chi connectivity index (χ4v) is 2.40. The molecular weight excluding hydrogens is 258 g/mol. The summed E-state index contributed by atoms with van der Waals surface area (Å²) in [5.74, 6) is 1.75. The lowest BCUT2D eigenvalue weighted by Gasteiger charge is -2.24. The highest BCUT2D eigenvalue weighted by Crippen LogP contribution is 2.36. The Morgan fingerprint density at radius 2 is 1.67 bits per heavy atom. The summed E-state index contributed by atoms with van der Waals surface area (Å²) >= 11 is 0. The van der Waals surface area contributed by atoms with E-state index in [9.17, 15) is 0 Å². The highest BCUT2D eigenvalue weighted by Gasteiger charge is 2.20. The maximum atomic E-state index is 6.23. The van der Waals surface area contributed by atoms with Gasteiger partial charge in [0.15, 0.2) is 0 Å². The number of benzene rings is 2. The van der Waals surface area contributed by atoms with Crippen molar-refractivity contribution in [1.29, 1.82) is 0 Å². The molecule has 2 heteroatoms. The predicted molar refractivity (Wildman–Crippen MR) is 89.0 cm³/mol. The summed E-state index contributed by atoms with van der Waals surface area (Å²) in [5, 5.41) is 0. The highest BCUT2D eigenvalue weighted by molar-refractivity contribution is 5.46. The van der Waals surface area contributed by atoms with Gasteiger partial charge in [0, 0.05) is 17.2 Å². The van der Waals surface area contributed by atoms with Gasteiger partial charge in [-0.2, -0.15) is 0 Å². The Morgan fingerprint density at radius 1 is 1.00 bits per heavy atom. The van der Waals surface area contributed by atoms with Crippen LogP contribution >= 0.6 is 0 Å². The summed E-state index contributed by atoms with van der Waals surface area (Å²) in [6.45, 7) is 10.6. The monoisotopic (exact) mass is 283 g/mol. The molecule has 0 aromatic heterocycles. The molecule has 0 bridgehead atoms. The van der Waals surface area contributed by atoms with E-state index < -0.39 is 0 Å². The Balaban J connectivity index is 2.47. The van der Waals surface area contributed by atoms with E-state index in [4.69, 9.17) is 10.5 Å². The van der Waals surface area contributed by atoms with Gasteiger partial charge in [-0.1, -0.05) is 51.1 Å². The number of hydrogen-bond donors (Lipinski definition) is 1. The van der Waals surface area contributed by atoms with Crippen LogP contribution in [0.15, 0.2) is 42.5 Å². The highest BCUT2D eigenvalue weighted by atomic mass is 16.5. The number of aryl methyl sites for hydroxylation is 1. The van der Waals surface area contributed by atoms with E-state index >= 15 is 0 Å². The van der Waals surface area contributed by atoms with E-state index in [0.717, 1.165) is 17.1 Å². The first-order chi connectivity index (χ1) is 9.79. The number of hydrogen-bond acceptors (Lipinski definition) is 2. The summed E-state index contributed by atoms with van der Waals surface area (Å²) in [7, 11) is 0. The van der Waals surface area contributed by atoms with Gasteiger partial charge < -0.3 is 10.5 Å². The zero-order chi connectivity index (χ0) is 15.6. The van der Waals surface area contributed by atoms with Crippen molar-refractivity contribution in [3.8, 4) is 11.5 Å². The molecule has 2 N–H and O–H groups in total. The number of para-hydroxylation sites is 1. The summed E-state index contributed by atoms with van der Waals surface area (Å²) in [4.78, 5) is 0. The smallest absolute Gasteiger partial charge is 0.132 e. The molecule has 0 aliphatic rings. The molecule has 21 heavy (non-hydrogen) atoms. The van der Waals surface area contributed by atoms with Gasteiger partial charge in [-0.15, -0.1) is 0 Å². The standard InChI is InChI=1S/C19H25NO/c1-13-10-11-16(19(3,4)5)18(12-13)21-17-9-7-6-8-15(17)14(2)20/h6-12,14H,20H2,1-5H3/t14-/m1/s1.